The summed E-state index contributed by atoms with van der Waals surface area (Å²) >= 11 is 0. The fraction of sp³-hybridized carbons (Fsp3) is 0.900. The van der Waals surface area contributed by atoms with E-state index in [-0.39, 0.29) is 0 Å². The first kappa shape index (κ1) is 45.3. The van der Waals surface area contributed by atoms with Crippen LogP contribution in [-0.4, -0.2) is 97.2 Å². The third-order valence-corrected chi connectivity index (χ3v) is 5.77. The van der Waals surface area contributed by atoms with Crippen molar-refractivity contribution in [2.75, 3.05) is 13.2 Å². The number of alkyl halides is 24. The number of unbranched alkanes of at least 4 members (excludes halogenated alkanes) is 3. The molecule has 0 saturated heterocycles. The van der Waals surface area contributed by atoms with Gasteiger partial charge < -0.3 is 9.47 Å². The van der Waals surface area contributed by atoms with Gasteiger partial charge >= 0.3 is 84.0 Å². The van der Waals surface area contributed by atoms with Crippen molar-refractivity contribution in [3.63, 3.8) is 0 Å². The van der Waals surface area contributed by atoms with E-state index in [4.69, 9.17) is 0 Å². The molecule has 0 fully saturated rings. The Kier molecular flexibility index (Phi) is 13.1. The monoisotopic (exact) mass is 774 g/mol. The Morgan fingerprint density at radius 1 is 0.375 bits per heavy atom. The average Bonchev–Trinajstić information content (AvgIpc) is 2.92. The van der Waals surface area contributed by atoms with Crippen molar-refractivity contribution in [2.45, 2.75) is 97.8 Å². The molecule has 0 aliphatic carbocycles. The van der Waals surface area contributed by atoms with Gasteiger partial charge in [-0.1, -0.05) is 0 Å². The molecule has 0 aliphatic heterocycles. The van der Waals surface area contributed by atoms with Crippen molar-refractivity contribution >= 4 is 11.9 Å². The summed E-state index contributed by atoms with van der Waals surface area (Å²) < 4.78 is 320. The van der Waals surface area contributed by atoms with Gasteiger partial charge in [-0.15, -0.1) is 0 Å². The van der Waals surface area contributed by atoms with Crippen LogP contribution in [0.25, 0.3) is 0 Å². The summed E-state index contributed by atoms with van der Waals surface area (Å²) in [7, 11) is 0. The predicted molar refractivity (Wildman–Crippen MR) is 102 cm³/mol. The predicted octanol–water partition coefficient (Wildman–Crippen LogP) is 8.52. The number of hydrogen-bond acceptors (Lipinski definition) is 4. The highest BCUT2D eigenvalue weighted by Gasteiger charge is 2.90. The minimum absolute atomic E-state index is 0.665. The second-order valence-corrected chi connectivity index (χ2v) is 9.13. The van der Waals surface area contributed by atoms with Crippen LogP contribution in [0.3, 0.4) is 0 Å². The van der Waals surface area contributed by atoms with Gasteiger partial charge in [-0.3, -0.25) is 0 Å². The Morgan fingerprint density at radius 2 is 0.604 bits per heavy atom. The molecule has 286 valence electrons. The van der Waals surface area contributed by atoms with Gasteiger partial charge in [0.15, 0.2) is 0 Å². The van der Waals surface area contributed by atoms with Crippen LogP contribution in [0.2, 0.25) is 0 Å². The normalized spacial score (nSPS) is 15.3. The van der Waals surface area contributed by atoms with Crippen LogP contribution in [0, 0.1) is 0 Å². The molecular weight excluding hydrogens is 760 g/mol. The van der Waals surface area contributed by atoms with E-state index < -0.39 is 123 Å². The minimum Gasteiger partial charge on any atom is -0.461 e. The van der Waals surface area contributed by atoms with E-state index in [1.165, 1.54) is 0 Å². The zero-order chi connectivity index (χ0) is 39.0. The number of ether oxygens (including phenoxy) is 2. The summed E-state index contributed by atoms with van der Waals surface area (Å²) in [4.78, 5) is 22.3. The lowest BCUT2D eigenvalue weighted by Crippen LogP contribution is -2.70. The maximum absolute atomic E-state index is 13.6. The Hall–Kier alpha value is -2.74. The average molecular weight is 774 g/mol. The van der Waals surface area contributed by atoms with E-state index in [2.05, 4.69) is 9.47 Å². The molecule has 0 heterocycles. The number of carbonyl (C=O) groups is 2. The SMILES string of the molecule is O=C(OCCCCCCOC(=O)C(F)(F)C(F)(F)C(F)(F)C(F)(F)C(F)(F)C(F)F)C(F)(F)C(F)(F)C(F)(F)C(F)(F)C(F)(F)C(F)F. The first-order valence-electron chi connectivity index (χ1n) is 11.6. The van der Waals surface area contributed by atoms with Crippen LogP contribution < -0.4 is 0 Å². The Bertz CT molecular complexity index is 1030. The first-order chi connectivity index (χ1) is 20.9. The van der Waals surface area contributed by atoms with Gasteiger partial charge in [0.25, 0.3) is 0 Å². The second-order valence-electron chi connectivity index (χ2n) is 9.13. The summed E-state index contributed by atoms with van der Waals surface area (Å²) in [6.07, 6.45) is -14.8. The van der Waals surface area contributed by atoms with Crippen molar-refractivity contribution in [1.82, 2.24) is 0 Å². The molecule has 0 saturated carbocycles. The van der Waals surface area contributed by atoms with E-state index in [1.807, 2.05) is 0 Å². The van der Waals surface area contributed by atoms with Crippen LogP contribution in [0.5, 0.6) is 0 Å². The Morgan fingerprint density at radius 3 is 0.812 bits per heavy atom. The lowest BCUT2D eigenvalue weighted by Gasteiger charge is -2.38. The molecule has 0 N–H and O–H groups in total. The fourth-order valence-electron chi connectivity index (χ4n) is 2.81. The number of rotatable bonds is 19. The largest absolute Gasteiger partial charge is 0.461 e. The molecule has 0 aliphatic rings. The highest BCUT2D eigenvalue weighted by atomic mass is 19.4. The van der Waals surface area contributed by atoms with Crippen molar-refractivity contribution in [2.24, 2.45) is 0 Å². The van der Waals surface area contributed by atoms with Gasteiger partial charge in [0.2, 0.25) is 0 Å². The summed E-state index contributed by atoms with van der Waals surface area (Å²) in [5.74, 6) is -84.1. The van der Waals surface area contributed by atoms with E-state index in [0.717, 1.165) is 0 Å². The zero-order valence-corrected chi connectivity index (χ0v) is 22.1. The van der Waals surface area contributed by atoms with Gasteiger partial charge in [0, 0.05) is 0 Å². The molecule has 0 aromatic carbocycles. The van der Waals surface area contributed by atoms with Gasteiger partial charge in [0.1, 0.15) is 0 Å². The Balaban J connectivity index is 5.22. The number of esters is 2. The maximum Gasteiger partial charge on any atom is 0.410 e. The molecule has 0 aromatic heterocycles. The van der Waals surface area contributed by atoms with Gasteiger partial charge in [-0.25, -0.2) is 27.2 Å². The summed E-state index contributed by atoms with van der Waals surface area (Å²) in [6.45, 7) is -3.17. The minimum atomic E-state index is -8.05. The van der Waals surface area contributed by atoms with Gasteiger partial charge in [-0.05, 0) is 25.7 Å². The number of halogens is 24. The molecule has 0 rings (SSSR count). The molecule has 0 amide bonds. The molecule has 0 atom stereocenters. The first-order valence-corrected chi connectivity index (χ1v) is 11.6. The van der Waals surface area contributed by atoms with Gasteiger partial charge in [-0.2, -0.15) is 87.8 Å². The molecule has 0 bridgehead atoms. The molecule has 0 spiro atoms. The van der Waals surface area contributed by atoms with Crippen LogP contribution >= 0.6 is 0 Å². The van der Waals surface area contributed by atoms with Crippen LogP contribution in [0.15, 0.2) is 0 Å². The van der Waals surface area contributed by atoms with Gasteiger partial charge in [0.05, 0.1) is 13.2 Å². The smallest absolute Gasteiger partial charge is 0.410 e. The fourth-order valence-corrected chi connectivity index (χ4v) is 2.81. The van der Waals surface area contributed by atoms with Crippen molar-refractivity contribution in [3.05, 3.63) is 0 Å². The second kappa shape index (κ2) is 13.9. The van der Waals surface area contributed by atoms with Crippen LogP contribution in [-0.2, 0) is 19.1 Å². The van der Waals surface area contributed by atoms with Crippen molar-refractivity contribution in [3.8, 4) is 0 Å². The lowest BCUT2D eigenvalue weighted by molar-refractivity contribution is -0.408. The summed E-state index contributed by atoms with van der Waals surface area (Å²) in [5.41, 5.74) is 0. The van der Waals surface area contributed by atoms with Crippen molar-refractivity contribution in [1.29, 1.82) is 0 Å². The van der Waals surface area contributed by atoms with E-state index in [0.29, 0.717) is 0 Å². The topological polar surface area (TPSA) is 52.6 Å². The number of hydrogen-bond donors (Lipinski definition) is 0. The standard InChI is InChI=1S/C20H14F24O4/c21-7(22)11(25,26)15(33,34)19(41,42)17(37,38)13(29,30)9(45)47-5-3-1-2-4-6-48-10(46)14(31,32)18(39,40)20(43,44)16(35,36)12(27,28)8(23)24/h7-8H,1-6H2. The summed E-state index contributed by atoms with van der Waals surface area (Å²) in [6, 6.07) is 0. The highest BCUT2D eigenvalue weighted by Crippen LogP contribution is 2.59. The van der Waals surface area contributed by atoms with Crippen LogP contribution in [0.4, 0.5) is 105 Å². The highest BCUT2D eigenvalue weighted by molar-refractivity contribution is 5.79. The molecule has 28 heteroatoms. The molecule has 48 heavy (non-hydrogen) atoms. The Labute approximate surface area is 248 Å². The third kappa shape index (κ3) is 7.11. The maximum atomic E-state index is 13.6. The molecule has 0 aromatic rings. The van der Waals surface area contributed by atoms with E-state index in [1.54, 1.807) is 0 Å². The molecule has 0 radical (unpaired) electrons. The van der Waals surface area contributed by atoms with E-state index in [9.17, 15) is 115 Å². The zero-order valence-electron chi connectivity index (χ0n) is 22.1. The molecule has 0 unspecified atom stereocenters. The number of carbonyl (C=O) groups excluding carboxylic acids is 2. The van der Waals surface area contributed by atoms with Crippen LogP contribution in [0.1, 0.15) is 25.7 Å². The molecule has 4 nitrogen and oxygen atoms in total. The lowest BCUT2D eigenvalue weighted by atomic mass is 9.94. The van der Waals surface area contributed by atoms with E-state index >= 15 is 0 Å². The summed E-state index contributed by atoms with van der Waals surface area (Å²) in [5, 5.41) is 0. The third-order valence-electron chi connectivity index (χ3n) is 5.77. The van der Waals surface area contributed by atoms with Crippen molar-refractivity contribution < 1.29 is 124 Å². The molecular formula is C20H14F24O4. The quantitative estimate of drug-likeness (QED) is 0.0751.